The van der Waals surface area contributed by atoms with E-state index < -0.39 is 23.1 Å². The van der Waals surface area contributed by atoms with Crippen LogP contribution in [0.25, 0.3) is 0 Å². The highest BCUT2D eigenvalue weighted by Crippen LogP contribution is 2.68. The molecule has 4 aliphatic rings. The molecular formula is C32H52O6. The summed E-state index contributed by atoms with van der Waals surface area (Å²) in [5.74, 6) is 2.49. The molecule has 9 atom stereocenters. The molecule has 4 fully saturated rings. The van der Waals surface area contributed by atoms with Gasteiger partial charge in [0.2, 0.25) is 5.60 Å². The van der Waals surface area contributed by atoms with Crippen molar-refractivity contribution in [3.05, 3.63) is 0 Å². The van der Waals surface area contributed by atoms with Crippen LogP contribution in [0.15, 0.2) is 0 Å². The maximum absolute atomic E-state index is 12.9. The number of hydrogen-bond acceptors (Lipinski definition) is 6. The molecule has 6 heteroatoms. The molecule has 0 aromatic carbocycles. The lowest BCUT2D eigenvalue weighted by Gasteiger charge is -2.61. The normalized spacial score (nSPS) is 39.4. The standard InChI is InChI=1S/C32H52O6/c1-7-37-19-32(21(3)33,22(4)34)38-29(36)13-8-20(2)26-11-12-27-25-10-9-23-18-24(35)14-16-30(23,5)28(25)15-17-31(26,27)6/h20,23-28,35H,7-19H2,1-6H3/t20-,23?,24-,25+,26-,27+,28+,30-,31-/m1/s1. The van der Waals surface area contributed by atoms with Gasteiger partial charge in [0.05, 0.1) is 6.10 Å². The van der Waals surface area contributed by atoms with E-state index in [1.165, 1.54) is 58.8 Å². The lowest BCUT2D eigenvalue weighted by molar-refractivity contribution is -0.178. The average Bonchev–Trinajstić information content (AvgIpc) is 3.22. The van der Waals surface area contributed by atoms with Crippen molar-refractivity contribution in [2.75, 3.05) is 13.2 Å². The topological polar surface area (TPSA) is 89.9 Å². The molecule has 0 amide bonds. The van der Waals surface area contributed by atoms with Crippen molar-refractivity contribution >= 4 is 17.5 Å². The molecule has 0 heterocycles. The zero-order valence-electron chi connectivity index (χ0n) is 24.7. The van der Waals surface area contributed by atoms with E-state index in [1.807, 2.05) is 0 Å². The summed E-state index contributed by atoms with van der Waals surface area (Å²) in [6.45, 7) is 11.8. The molecule has 6 nitrogen and oxygen atoms in total. The molecule has 4 aliphatic carbocycles. The van der Waals surface area contributed by atoms with Gasteiger partial charge in [0, 0.05) is 13.0 Å². The number of carbonyl (C=O) groups excluding carboxylic acids is 3. The second kappa shape index (κ2) is 11.3. The summed E-state index contributed by atoms with van der Waals surface area (Å²) < 4.78 is 10.9. The molecule has 0 radical (unpaired) electrons. The van der Waals surface area contributed by atoms with Gasteiger partial charge in [-0.15, -0.1) is 0 Å². The van der Waals surface area contributed by atoms with Gasteiger partial charge >= 0.3 is 5.97 Å². The Morgan fingerprint density at radius 2 is 1.61 bits per heavy atom. The monoisotopic (exact) mass is 532 g/mol. The van der Waals surface area contributed by atoms with Gasteiger partial charge in [-0.3, -0.25) is 14.4 Å². The number of ether oxygens (including phenoxy) is 2. The summed E-state index contributed by atoms with van der Waals surface area (Å²) in [5, 5.41) is 10.3. The van der Waals surface area contributed by atoms with Gasteiger partial charge in [-0.25, -0.2) is 0 Å². The third-order valence-electron chi connectivity index (χ3n) is 12.1. The number of fused-ring (bicyclic) bond motifs is 5. The van der Waals surface area contributed by atoms with E-state index in [2.05, 4.69) is 20.8 Å². The number of ketones is 2. The smallest absolute Gasteiger partial charge is 0.307 e. The lowest BCUT2D eigenvalue weighted by atomic mass is 9.44. The first-order valence-electron chi connectivity index (χ1n) is 15.4. The van der Waals surface area contributed by atoms with Gasteiger partial charge in [0.1, 0.15) is 6.61 Å². The summed E-state index contributed by atoms with van der Waals surface area (Å²) in [5.41, 5.74) is -1.14. The Kier molecular flexibility index (Phi) is 8.84. The Hall–Kier alpha value is -1.27. The largest absolute Gasteiger partial charge is 0.440 e. The van der Waals surface area contributed by atoms with Crippen molar-refractivity contribution in [1.29, 1.82) is 0 Å². The molecule has 0 aromatic heterocycles. The Morgan fingerprint density at radius 3 is 2.26 bits per heavy atom. The maximum Gasteiger partial charge on any atom is 0.307 e. The fraction of sp³-hybridized carbons (Fsp3) is 0.906. The third kappa shape index (κ3) is 5.13. The van der Waals surface area contributed by atoms with Crippen molar-refractivity contribution in [3.8, 4) is 0 Å². The maximum atomic E-state index is 12.9. The summed E-state index contributed by atoms with van der Waals surface area (Å²) in [6.07, 6.45) is 11.6. The predicted molar refractivity (Wildman–Crippen MR) is 146 cm³/mol. The first-order valence-corrected chi connectivity index (χ1v) is 15.4. The van der Waals surface area contributed by atoms with Crippen LogP contribution in [0.5, 0.6) is 0 Å². The van der Waals surface area contributed by atoms with Crippen LogP contribution in [0.1, 0.15) is 112 Å². The first kappa shape index (κ1) is 29.7. The summed E-state index contributed by atoms with van der Waals surface area (Å²) in [7, 11) is 0. The minimum atomic E-state index is -1.83. The number of Topliss-reactive ketones (excluding diaryl/α,β-unsaturated/α-hetero) is 2. The summed E-state index contributed by atoms with van der Waals surface area (Å²) in [6, 6.07) is 0. The van der Waals surface area contributed by atoms with E-state index in [0.29, 0.717) is 41.6 Å². The van der Waals surface area contributed by atoms with Gasteiger partial charge in [0.15, 0.2) is 11.6 Å². The second-order valence-electron chi connectivity index (χ2n) is 13.9. The summed E-state index contributed by atoms with van der Waals surface area (Å²) in [4.78, 5) is 37.6. The zero-order chi connectivity index (χ0) is 27.9. The quantitative estimate of drug-likeness (QED) is 0.277. The number of aliphatic hydroxyl groups is 1. The Morgan fingerprint density at radius 1 is 0.947 bits per heavy atom. The van der Waals surface area contributed by atoms with Gasteiger partial charge in [-0.05, 0) is 131 Å². The van der Waals surface area contributed by atoms with Crippen molar-refractivity contribution in [3.63, 3.8) is 0 Å². The molecule has 0 aliphatic heterocycles. The second-order valence-corrected chi connectivity index (χ2v) is 13.9. The van der Waals surface area contributed by atoms with Crippen LogP contribution in [0.2, 0.25) is 0 Å². The molecule has 4 rings (SSSR count). The van der Waals surface area contributed by atoms with Gasteiger partial charge in [-0.1, -0.05) is 20.8 Å². The fourth-order valence-corrected chi connectivity index (χ4v) is 9.87. The van der Waals surface area contributed by atoms with E-state index in [0.717, 1.165) is 30.6 Å². The molecule has 0 aromatic rings. The molecule has 0 spiro atoms. The van der Waals surface area contributed by atoms with Crippen LogP contribution in [0.3, 0.4) is 0 Å². The molecular weight excluding hydrogens is 480 g/mol. The van der Waals surface area contributed by atoms with Crippen LogP contribution in [0.4, 0.5) is 0 Å². The van der Waals surface area contributed by atoms with Crippen molar-refractivity contribution in [2.45, 2.75) is 124 Å². The number of hydrogen-bond donors (Lipinski definition) is 1. The van der Waals surface area contributed by atoms with E-state index in [4.69, 9.17) is 9.47 Å². The molecule has 4 saturated carbocycles. The van der Waals surface area contributed by atoms with E-state index in [-0.39, 0.29) is 19.1 Å². The lowest BCUT2D eigenvalue weighted by Crippen LogP contribution is -2.54. The number of carbonyl (C=O) groups is 3. The average molecular weight is 533 g/mol. The zero-order valence-corrected chi connectivity index (χ0v) is 24.7. The highest BCUT2D eigenvalue weighted by molar-refractivity contribution is 6.10. The van der Waals surface area contributed by atoms with E-state index in [1.54, 1.807) is 6.92 Å². The van der Waals surface area contributed by atoms with E-state index in [9.17, 15) is 19.5 Å². The van der Waals surface area contributed by atoms with Gasteiger partial charge < -0.3 is 14.6 Å². The predicted octanol–water partition coefficient (Wildman–Crippen LogP) is 5.92. The SMILES string of the molecule is CCOCC(OC(=O)CC[C@@H](C)[C@H]1CC[C@H]2[C@@H]3CCC4C[C@H](O)CC[C@@]4(C)[C@H]3CC[C@]12C)(C(C)=O)C(C)=O. The van der Waals surface area contributed by atoms with Crippen molar-refractivity contribution < 1.29 is 29.0 Å². The molecule has 38 heavy (non-hydrogen) atoms. The Balaban J connectivity index is 1.39. The molecule has 1 unspecified atom stereocenters. The summed E-state index contributed by atoms with van der Waals surface area (Å²) >= 11 is 0. The Labute approximate surface area is 230 Å². The first-order chi connectivity index (χ1) is 17.9. The minimum absolute atomic E-state index is 0.0999. The highest BCUT2D eigenvalue weighted by Gasteiger charge is 2.60. The molecule has 1 N–H and O–H groups in total. The van der Waals surface area contributed by atoms with Crippen LogP contribution < -0.4 is 0 Å². The molecule has 0 saturated heterocycles. The van der Waals surface area contributed by atoms with Crippen molar-refractivity contribution in [2.24, 2.45) is 46.3 Å². The molecule has 0 bridgehead atoms. The number of esters is 1. The highest BCUT2D eigenvalue weighted by atomic mass is 16.6. The number of aliphatic hydroxyl groups excluding tert-OH is 1. The van der Waals surface area contributed by atoms with Crippen molar-refractivity contribution in [1.82, 2.24) is 0 Å². The van der Waals surface area contributed by atoms with Crippen LogP contribution in [-0.4, -0.2) is 47.6 Å². The van der Waals surface area contributed by atoms with Gasteiger partial charge in [0.25, 0.3) is 0 Å². The number of rotatable bonds is 10. The fourth-order valence-electron chi connectivity index (χ4n) is 9.87. The van der Waals surface area contributed by atoms with Crippen LogP contribution in [0, 0.1) is 46.3 Å². The van der Waals surface area contributed by atoms with Crippen LogP contribution >= 0.6 is 0 Å². The minimum Gasteiger partial charge on any atom is -0.440 e. The van der Waals surface area contributed by atoms with Gasteiger partial charge in [-0.2, -0.15) is 0 Å². The Bertz CT molecular complexity index is 884. The molecule has 216 valence electrons. The third-order valence-corrected chi connectivity index (χ3v) is 12.1. The van der Waals surface area contributed by atoms with Crippen LogP contribution in [-0.2, 0) is 23.9 Å². The van der Waals surface area contributed by atoms with E-state index >= 15 is 0 Å².